The number of rotatable bonds is 4. The highest BCUT2D eigenvalue weighted by atomic mass is 19.4. The van der Waals surface area contributed by atoms with Gasteiger partial charge in [0, 0.05) is 38.6 Å². The second-order valence-electron chi connectivity index (χ2n) is 6.29. The third-order valence-corrected chi connectivity index (χ3v) is 4.29. The summed E-state index contributed by atoms with van der Waals surface area (Å²) in [6, 6.07) is -0.198. The molecule has 0 bridgehead atoms. The smallest absolute Gasteiger partial charge is 0.314 e. The number of benzene rings is 1. The van der Waals surface area contributed by atoms with E-state index >= 15 is 0 Å². The molecule has 0 aliphatic carbocycles. The van der Waals surface area contributed by atoms with Gasteiger partial charge in [-0.3, -0.25) is 4.90 Å². The van der Waals surface area contributed by atoms with Crippen molar-refractivity contribution in [1.82, 2.24) is 10.2 Å². The first-order chi connectivity index (χ1) is 12.3. The van der Waals surface area contributed by atoms with Crippen molar-refractivity contribution in [3.05, 3.63) is 34.9 Å². The SMILES string of the molecule is FC(F)(F)CC[C@H](c1cc(C(F)(F)F)cc(C(F)(F)F)c1)N1CCNCC1. The van der Waals surface area contributed by atoms with E-state index in [0.29, 0.717) is 25.2 Å². The average Bonchev–Trinajstić information content (AvgIpc) is 2.53. The molecule has 0 spiro atoms. The number of hydrogen-bond acceptors (Lipinski definition) is 2. The topological polar surface area (TPSA) is 15.3 Å². The van der Waals surface area contributed by atoms with Crippen LogP contribution in [-0.4, -0.2) is 37.3 Å². The van der Waals surface area contributed by atoms with Crippen LogP contribution in [0.4, 0.5) is 39.5 Å². The summed E-state index contributed by atoms with van der Waals surface area (Å²) in [4.78, 5) is 1.48. The normalized spacial score (nSPS) is 18.6. The Morgan fingerprint density at radius 2 is 1.30 bits per heavy atom. The molecule has 0 unspecified atom stereocenters. The van der Waals surface area contributed by atoms with Gasteiger partial charge in [0.25, 0.3) is 0 Å². The van der Waals surface area contributed by atoms with E-state index in [1.807, 2.05) is 0 Å². The van der Waals surface area contributed by atoms with Gasteiger partial charge in [-0.25, -0.2) is 0 Å². The first kappa shape index (κ1) is 21.8. The van der Waals surface area contributed by atoms with E-state index in [-0.39, 0.29) is 19.2 Å². The molecule has 27 heavy (non-hydrogen) atoms. The van der Waals surface area contributed by atoms with Gasteiger partial charge in [-0.2, -0.15) is 39.5 Å². The molecule has 1 aliphatic rings. The fourth-order valence-electron chi connectivity index (χ4n) is 3.03. The lowest BCUT2D eigenvalue weighted by atomic mass is 9.95. The van der Waals surface area contributed by atoms with Gasteiger partial charge in [0.2, 0.25) is 0 Å². The lowest BCUT2D eigenvalue weighted by Gasteiger charge is -2.36. The lowest BCUT2D eigenvalue weighted by Crippen LogP contribution is -2.45. The Morgan fingerprint density at radius 3 is 1.70 bits per heavy atom. The molecule has 0 amide bonds. The standard InChI is InChI=1S/C16H17F9N2/c17-14(18,19)2-1-13(27-5-3-26-4-6-27)10-7-11(15(20,21)22)9-12(8-10)16(23,24)25/h7-9,13,26H,1-6H2/t13-/m1/s1. The van der Waals surface area contributed by atoms with Gasteiger partial charge < -0.3 is 5.32 Å². The third kappa shape index (κ3) is 6.27. The van der Waals surface area contributed by atoms with Crippen molar-refractivity contribution in [2.45, 2.75) is 37.4 Å². The van der Waals surface area contributed by atoms with E-state index in [0.717, 1.165) is 0 Å². The molecule has 2 rings (SSSR count). The van der Waals surface area contributed by atoms with Crippen LogP contribution in [0.3, 0.4) is 0 Å². The largest absolute Gasteiger partial charge is 0.416 e. The van der Waals surface area contributed by atoms with Gasteiger partial charge in [-0.1, -0.05) is 0 Å². The maximum Gasteiger partial charge on any atom is 0.416 e. The Hall–Kier alpha value is -1.49. The third-order valence-electron chi connectivity index (χ3n) is 4.29. The molecular weight excluding hydrogens is 391 g/mol. The summed E-state index contributed by atoms with van der Waals surface area (Å²) >= 11 is 0. The Bertz CT molecular complexity index is 596. The molecule has 0 aromatic heterocycles. The van der Waals surface area contributed by atoms with E-state index in [1.165, 1.54) is 4.90 Å². The fourth-order valence-corrected chi connectivity index (χ4v) is 3.03. The summed E-state index contributed by atoms with van der Waals surface area (Å²) in [5.41, 5.74) is -3.47. The van der Waals surface area contributed by atoms with Crippen LogP contribution in [0.5, 0.6) is 0 Å². The summed E-state index contributed by atoms with van der Waals surface area (Å²) in [7, 11) is 0. The number of nitrogens with one attached hydrogen (secondary N) is 1. The molecule has 1 N–H and O–H groups in total. The second-order valence-corrected chi connectivity index (χ2v) is 6.29. The number of halogens is 9. The lowest BCUT2D eigenvalue weighted by molar-refractivity contribution is -0.144. The van der Waals surface area contributed by atoms with Crippen molar-refractivity contribution in [2.24, 2.45) is 0 Å². The first-order valence-electron chi connectivity index (χ1n) is 8.08. The molecule has 0 radical (unpaired) electrons. The number of alkyl halides is 9. The summed E-state index contributed by atoms with van der Waals surface area (Å²) < 4.78 is 116. The first-order valence-corrected chi connectivity index (χ1v) is 8.08. The van der Waals surface area contributed by atoms with Gasteiger partial charge in [0.1, 0.15) is 0 Å². The van der Waals surface area contributed by atoms with E-state index < -0.39 is 54.1 Å². The highest BCUT2D eigenvalue weighted by Gasteiger charge is 2.39. The predicted octanol–water partition coefficient (Wildman–Crippen LogP) is 5.01. The summed E-state index contributed by atoms with van der Waals surface area (Å²) in [6.45, 7) is 1.21. The van der Waals surface area contributed by atoms with Gasteiger partial charge in [-0.05, 0) is 30.2 Å². The van der Waals surface area contributed by atoms with E-state index in [2.05, 4.69) is 5.32 Å². The Morgan fingerprint density at radius 1 is 0.815 bits per heavy atom. The van der Waals surface area contributed by atoms with Crippen LogP contribution in [0.2, 0.25) is 0 Å². The fraction of sp³-hybridized carbons (Fsp3) is 0.625. The van der Waals surface area contributed by atoms with Crippen LogP contribution in [0.1, 0.15) is 35.6 Å². The summed E-state index contributed by atoms with van der Waals surface area (Å²) in [5.74, 6) is 0. The maximum atomic E-state index is 13.0. The van der Waals surface area contributed by atoms with E-state index in [4.69, 9.17) is 0 Å². The monoisotopic (exact) mass is 408 g/mol. The second kappa shape index (κ2) is 7.86. The molecule has 2 nitrogen and oxygen atoms in total. The van der Waals surface area contributed by atoms with Crippen LogP contribution >= 0.6 is 0 Å². The van der Waals surface area contributed by atoms with Gasteiger partial charge in [0.05, 0.1) is 11.1 Å². The molecular formula is C16H17F9N2. The van der Waals surface area contributed by atoms with Crippen LogP contribution in [0.15, 0.2) is 18.2 Å². The Balaban J connectivity index is 2.48. The zero-order valence-electron chi connectivity index (χ0n) is 13.9. The minimum Gasteiger partial charge on any atom is -0.314 e. The molecule has 1 atom stereocenters. The van der Waals surface area contributed by atoms with Crippen molar-refractivity contribution in [2.75, 3.05) is 26.2 Å². The zero-order valence-corrected chi connectivity index (χ0v) is 13.9. The number of hydrogen-bond donors (Lipinski definition) is 1. The van der Waals surface area contributed by atoms with Crippen molar-refractivity contribution >= 4 is 0 Å². The number of piperazine rings is 1. The van der Waals surface area contributed by atoms with Gasteiger partial charge in [0.15, 0.2) is 0 Å². The van der Waals surface area contributed by atoms with Crippen molar-refractivity contribution < 1.29 is 39.5 Å². The van der Waals surface area contributed by atoms with Gasteiger partial charge >= 0.3 is 18.5 Å². The van der Waals surface area contributed by atoms with Crippen LogP contribution in [0, 0.1) is 0 Å². The van der Waals surface area contributed by atoms with E-state index in [1.54, 1.807) is 0 Å². The Kier molecular flexibility index (Phi) is 6.35. The minimum atomic E-state index is -5.05. The predicted molar refractivity (Wildman–Crippen MR) is 78.9 cm³/mol. The molecule has 1 aromatic carbocycles. The summed E-state index contributed by atoms with van der Waals surface area (Å²) in [6.07, 6.45) is -16.6. The highest BCUT2D eigenvalue weighted by molar-refractivity contribution is 5.35. The molecule has 0 saturated carbocycles. The molecule has 1 aliphatic heterocycles. The molecule has 1 heterocycles. The van der Waals surface area contributed by atoms with Gasteiger partial charge in [-0.15, -0.1) is 0 Å². The number of nitrogens with zero attached hydrogens (tertiary/aromatic N) is 1. The van der Waals surface area contributed by atoms with Crippen LogP contribution in [0.25, 0.3) is 0 Å². The molecule has 11 heteroatoms. The quantitative estimate of drug-likeness (QED) is 0.705. The zero-order chi connectivity index (χ0) is 20.5. The molecule has 1 fully saturated rings. The average molecular weight is 408 g/mol. The van der Waals surface area contributed by atoms with Crippen LogP contribution in [-0.2, 0) is 12.4 Å². The van der Waals surface area contributed by atoms with Crippen LogP contribution < -0.4 is 5.32 Å². The summed E-state index contributed by atoms with van der Waals surface area (Å²) in [5, 5.41) is 2.94. The van der Waals surface area contributed by atoms with Crippen molar-refractivity contribution in [3.8, 4) is 0 Å². The van der Waals surface area contributed by atoms with Crippen molar-refractivity contribution in [1.29, 1.82) is 0 Å². The maximum absolute atomic E-state index is 13.0. The molecule has 1 aromatic rings. The van der Waals surface area contributed by atoms with Crippen molar-refractivity contribution in [3.63, 3.8) is 0 Å². The molecule has 1 saturated heterocycles. The highest BCUT2D eigenvalue weighted by Crippen LogP contribution is 2.40. The Labute approximate surface area is 149 Å². The molecule has 154 valence electrons. The minimum absolute atomic E-state index is 0.0257. The van der Waals surface area contributed by atoms with E-state index in [9.17, 15) is 39.5 Å².